The third-order valence-electron chi connectivity index (χ3n) is 8.87. The number of carboxylic acids is 1. The van der Waals surface area contributed by atoms with Gasteiger partial charge in [-0.15, -0.1) is 0 Å². The second-order valence-electron chi connectivity index (χ2n) is 11.8. The Balaban J connectivity index is 1.18. The van der Waals surface area contributed by atoms with Crippen LogP contribution < -0.4 is 4.74 Å². The number of aromatic nitrogens is 3. The zero-order valence-electron chi connectivity index (χ0n) is 26.4. The van der Waals surface area contributed by atoms with Crippen molar-refractivity contribution in [3.8, 4) is 11.7 Å². The minimum Gasteiger partial charge on any atom is -0.488 e. The van der Waals surface area contributed by atoms with Crippen LogP contribution in [0.4, 0.5) is 0 Å². The highest BCUT2D eigenvalue weighted by atomic mass is 16.6. The van der Waals surface area contributed by atoms with Gasteiger partial charge >= 0.3 is 5.97 Å². The van der Waals surface area contributed by atoms with Crippen molar-refractivity contribution in [2.75, 3.05) is 46.1 Å². The molecular formula is C35H42N4O6. The summed E-state index contributed by atoms with van der Waals surface area (Å²) in [6.07, 6.45) is 7.46. The molecule has 1 N–H and O–H groups in total. The minimum atomic E-state index is -1.10. The molecule has 0 unspecified atom stereocenters. The number of rotatable bonds is 10. The Morgan fingerprint density at radius 1 is 1.09 bits per heavy atom. The Hall–Kier alpha value is -3.99. The number of allylic oxidation sites excluding steroid dienone is 3. The summed E-state index contributed by atoms with van der Waals surface area (Å²) in [6.45, 7) is 11.9. The number of pyridine rings is 1. The molecule has 3 aromatic rings. The van der Waals surface area contributed by atoms with Crippen LogP contribution >= 0.6 is 0 Å². The second-order valence-corrected chi connectivity index (χ2v) is 11.8. The van der Waals surface area contributed by atoms with E-state index in [0.717, 1.165) is 62.3 Å². The first-order chi connectivity index (χ1) is 21.9. The lowest BCUT2D eigenvalue weighted by Gasteiger charge is -2.29. The molecule has 1 atom stereocenters. The number of hydrogen-bond donors (Lipinski definition) is 1. The number of ether oxygens (including phenoxy) is 4. The van der Waals surface area contributed by atoms with E-state index in [1.165, 1.54) is 38.7 Å². The first-order valence-electron chi connectivity index (χ1n) is 15.9. The van der Waals surface area contributed by atoms with Crippen LogP contribution in [0, 0.1) is 6.92 Å². The zero-order chi connectivity index (χ0) is 31.3. The third kappa shape index (κ3) is 6.83. The quantitative estimate of drug-likeness (QED) is 0.331. The maximum absolute atomic E-state index is 11.7. The Morgan fingerprint density at radius 2 is 1.96 bits per heavy atom. The molecular weight excluding hydrogens is 572 g/mol. The fraction of sp³-hybridized carbons (Fsp3) is 0.457. The van der Waals surface area contributed by atoms with Crippen LogP contribution in [0.2, 0.25) is 0 Å². The summed E-state index contributed by atoms with van der Waals surface area (Å²) in [5.41, 5.74) is 8.20. The summed E-state index contributed by atoms with van der Waals surface area (Å²) < 4.78 is 25.2. The predicted molar refractivity (Wildman–Crippen MR) is 170 cm³/mol. The van der Waals surface area contributed by atoms with E-state index in [1.807, 2.05) is 12.1 Å². The molecule has 1 aromatic carbocycles. The van der Waals surface area contributed by atoms with E-state index >= 15 is 0 Å². The smallest absolute Gasteiger partial charge is 0.342 e. The van der Waals surface area contributed by atoms with Crippen molar-refractivity contribution in [1.29, 1.82) is 0 Å². The van der Waals surface area contributed by atoms with E-state index in [2.05, 4.69) is 42.1 Å². The Morgan fingerprint density at radius 3 is 2.76 bits per heavy atom. The highest BCUT2D eigenvalue weighted by molar-refractivity contribution is 5.90. The second kappa shape index (κ2) is 14.0. The summed E-state index contributed by atoms with van der Waals surface area (Å²) >= 11 is 0. The Kier molecular flexibility index (Phi) is 9.63. The van der Waals surface area contributed by atoms with Gasteiger partial charge in [-0.2, -0.15) is 9.78 Å². The maximum atomic E-state index is 11.7. The van der Waals surface area contributed by atoms with Crippen LogP contribution in [-0.4, -0.2) is 82.9 Å². The van der Waals surface area contributed by atoms with Gasteiger partial charge in [-0.05, 0) is 86.4 Å². The number of aromatic carboxylic acids is 1. The fourth-order valence-electron chi connectivity index (χ4n) is 6.43. The van der Waals surface area contributed by atoms with Crippen LogP contribution in [0.1, 0.15) is 65.0 Å². The summed E-state index contributed by atoms with van der Waals surface area (Å²) in [5.74, 6) is 0.385. The van der Waals surface area contributed by atoms with Gasteiger partial charge in [-0.1, -0.05) is 24.3 Å². The topological polar surface area (TPSA) is 108 Å². The molecule has 1 fully saturated rings. The Bertz CT molecular complexity index is 1600. The van der Waals surface area contributed by atoms with Crippen LogP contribution in [0.3, 0.4) is 0 Å². The number of hydrogen-bond acceptors (Lipinski definition) is 8. The first-order valence-corrected chi connectivity index (χ1v) is 15.9. The van der Waals surface area contributed by atoms with Gasteiger partial charge in [-0.25, -0.2) is 9.78 Å². The molecule has 0 radical (unpaired) electrons. The lowest BCUT2D eigenvalue weighted by molar-refractivity contribution is -0.0972. The summed E-state index contributed by atoms with van der Waals surface area (Å²) in [6, 6.07) is 10.1. The number of fused-ring (bicyclic) bond motifs is 1. The summed E-state index contributed by atoms with van der Waals surface area (Å²) in [7, 11) is 0. The highest BCUT2D eigenvalue weighted by Gasteiger charge is 2.24. The maximum Gasteiger partial charge on any atom is 0.342 e. The standard InChI is InChI=1S/C35H42N4O6/c1-4-43-34-30(35(40)41)19-36-39(34)32-10-6-9-31(37-32)29-8-5-7-23(2)33(29)45-21-26-12-11-25-13-15-38(16-14-28(25)24(26)3)20-27-22-42-17-18-44-27/h6,8-12,19,27H,4-5,7,13-18,20-22H2,1-3H3,(H,40,41)/t27-/m0/s1. The highest BCUT2D eigenvalue weighted by Crippen LogP contribution is 2.34. The minimum absolute atomic E-state index is 0.00244. The van der Waals surface area contributed by atoms with Crippen LogP contribution in [0.5, 0.6) is 5.88 Å². The molecule has 10 heteroatoms. The molecule has 0 amide bonds. The zero-order valence-corrected chi connectivity index (χ0v) is 26.4. The van der Waals surface area contributed by atoms with Gasteiger partial charge in [0.25, 0.3) is 0 Å². The number of carbonyl (C=O) groups is 1. The molecule has 4 heterocycles. The molecule has 3 aliphatic rings. The van der Waals surface area contributed by atoms with E-state index in [9.17, 15) is 9.90 Å². The average molecular weight is 615 g/mol. The molecule has 10 nitrogen and oxygen atoms in total. The molecule has 0 saturated carbocycles. The predicted octanol–water partition coefficient (Wildman–Crippen LogP) is 5.16. The van der Waals surface area contributed by atoms with Crippen molar-refractivity contribution < 1.29 is 28.8 Å². The summed E-state index contributed by atoms with van der Waals surface area (Å²) in [5, 5.41) is 13.9. The van der Waals surface area contributed by atoms with Gasteiger partial charge in [0.1, 0.15) is 17.9 Å². The van der Waals surface area contributed by atoms with Gasteiger partial charge in [0.15, 0.2) is 5.82 Å². The molecule has 2 aromatic heterocycles. The van der Waals surface area contributed by atoms with Gasteiger partial charge < -0.3 is 29.0 Å². The van der Waals surface area contributed by atoms with Gasteiger partial charge in [-0.3, -0.25) is 0 Å². The molecule has 0 spiro atoms. The lowest BCUT2D eigenvalue weighted by Crippen LogP contribution is -2.41. The number of carboxylic acid groups (broad SMARTS) is 1. The third-order valence-corrected chi connectivity index (χ3v) is 8.87. The average Bonchev–Trinajstić information content (AvgIpc) is 3.36. The van der Waals surface area contributed by atoms with E-state index < -0.39 is 5.97 Å². The van der Waals surface area contributed by atoms with Crippen molar-refractivity contribution in [1.82, 2.24) is 19.7 Å². The molecule has 0 bridgehead atoms. The monoisotopic (exact) mass is 614 g/mol. The number of benzene rings is 1. The first kappa shape index (κ1) is 31.0. The lowest BCUT2D eigenvalue weighted by atomic mass is 9.93. The van der Waals surface area contributed by atoms with Crippen molar-refractivity contribution in [2.24, 2.45) is 0 Å². The molecule has 1 aliphatic carbocycles. The normalized spacial score (nSPS) is 19.1. The van der Waals surface area contributed by atoms with Crippen molar-refractivity contribution >= 4 is 11.5 Å². The number of nitrogens with zero attached hydrogens (tertiary/aromatic N) is 4. The molecule has 2 aliphatic heterocycles. The van der Waals surface area contributed by atoms with Crippen molar-refractivity contribution in [3.63, 3.8) is 0 Å². The molecule has 1 saturated heterocycles. The van der Waals surface area contributed by atoms with Gasteiger partial charge in [0, 0.05) is 25.2 Å². The van der Waals surface area contributed by atoms with E-state index in [-0.39, 0.29) is 17.5 Å². The molecule has 45 heavy (non-hydrogen) atoms. The van der Waals surface area contributed by atoms with Crippen LogP contribution in [0.25, 0.3) is 11.4 Å². The SMILES string of the molecule is CCOc1c(C(=O)O)cnn1-c1cccc(C2=CCCC(C)=C2OCc2ccc3c(c2C)CCN(C[C@H]2COCCO2)CC3)n1. The van der Waals surface area contributed by atoms with Gasteiger partial charge in [0.2, 0.25) is 5.88 Å². The Labute approximate surface area is 264 Å². The fourth-order valence-corrected chi connectivity index (χ4v) is 6.43. The van der Waals surface area contributed by atoms with Gasteiger partial charge in [0.05, 0.1) is 44.4 Å². The van der Waals surface area contributed by atoms with Crippen LogP contribution in [0.15, 0.2) is 53.9 Å². The van der Waals surface area contributed by atoms with E-state index in [1.54, 1.807) is 13.0 Å². The van der Waals surface area contributed by atoms with Crippen molar-refractivity contribution in [2.45, 2.75) is 59.2 Å². The van der Waals surface area contributed by atoms with E-state index in [4.69, 9.17) is 23.9 Å². The van der Waals surface area contributed by atoms with E-state index in [0.29, 0.717) is 38.9 Å². The largest absolute Gasteiger partial charge is 0.488 e. The molecule has 6 rings (SSSR count). The van der Waals surface area contributed by atoms with Crippen molar-refractivity contribution in [3.05, 3.63) is 87.4 Å². The molecule has 238 valence electrons. The van der Waals surface area contributed by atoms with Crippen LogP contribution in [-0.2, 0) is 33.7 Å². The summed E-state index contributed by atoms with van der Waals surface area (Å²) in [4.78, 5) is 19.1.